The number of hydrogen-bond acceptors (Lipinski definition) is 5. The molecule has 0 bridgehead atoms. The molecular weight excluding hydrogens is 180 g/mol. The van der Waals surface area contributed by atoms with Crippen LogP contribution in [0.4, 0.5) is 0 Å². The van der Waals surface area contributed by atoms with Gasteiger partial charge in [-0.15, -0.1) is 0 Å². The molecule has 0 N–H and O–H groups in total. The molecule has 0 atom stereocenters. The number of hydrogen-bond donors (Lipinski definition) is 0. The molecule has 14 heavy (non-hydrogen) atoms. The number of aromatic nitrogens is 4. The molecule has 0 aliphatic carbocycles. The first-order valence-corrected chi connectivity index (χ1v) is 4.01. The highest BCUT2D eigenvalue weighted by Gasteiger charge is 1.97. The van der Waals surface area contributed by atoms with Crippen LogP contribution in [0, 0.1) is 6.20 Å². The van der Waals surface area contributed by atoms with E-state index in [0.29, 0.717) is 12.5 Å². The van der Waals surface area contributed by atoms with Crippen molar-refractivity contribution < 1.29 is 4.74 Å². The fourth-order valence-electron chi connectivity index (χ4n) is 0.872. The Labute approximate surface area is 80.8 Å². The quantitative estimate of drug-likeness (QED) is 0.705. The molecule has 2 rings (SSSR count). The van der Waals surface area contributed by atoms with E-state index in [9.17, 15) is 0 Å². The lowest BCUT2D eigenvalue weighted by Crippen LogP contribution is -1.99. The fraction of sp³-hybridized carbons (Fsp3) is 0.111. The van der Waals surface area contributed by atoms with Crippen LogP contribution in [0.2, 0.25) is 0 Å². The summed E-state index contributed by atoms with van der Waals surface area (Å²) in [6, 6.07) is 0. The van der Waals surface area contributed by atoms with Crippen molar-refractivity contribution in [2.24, 2.45) is 0 Å². The molecule has 0 saturated carbocycles. The molecule has 0 aliphatic heterocycles. The zero-order valence-corrected chi connectivity index (χ0v) is 7.29. The summed E-state index contributed by atoms with van der Waals surface area (Å²) in [7, 11) is 0. The van der Waals surface area contributed by atoms with Crippen LogP contribution in [-0.4, -0.2) is 19.9 Å². The molecule has 0 aliphatic rings. The fourth-order valence-corrected chi connectivity index (χ4v) is 0.872. The lowest BCUT2D eigenvalue weighted by molar-refractivity contribution is 0.286. The maximum atomic E-state index is 5.26. The molecule has 0 spiro atoms. The van der Waals surface area contributed by atoms with Gasteiger partial charge in [0.15, 0.2) is 6.20 Å². The van der Waals surface area contributed by atoms with Gasteiger partial charge >= 0.3 is 0 Å². The Morgan fingerprint density at radius 2 is 2.07 bits per heavy atom. The molecule has 0 amide bonds. The van der Waals surface area contributed by atoms with Crippen molar-refractivity contribution in [3.05, 3.63) is 42.9 Å². The van der Waals surface area contributed by atoms with Crippen molar-refractivity contribution in [1.29, 1.82) is 0 Å². The molecule has 2 aromatic heterocycles. The van der Waals surface area contributed by atoms with Gasteiger partial charge in [0, 0.05) is 24.8 Å². The Kier molecular flexibility index (Phi) is 2.61. The summed E-state index contributed by atoms with van der Waals surface area (Å²) in [4.78, 5) is 15.6. The third-order valence-electron chi connectivity index (χ3n) is 1.47. The average molecular weight is 187 g/mol. The van der Waals surface area contributed by atoms with Gasteiger partial charge in [-0.1, -0.05) is 0 Å². The van der Waals surface area contributed by atoms with E-state index in [4.69, 9.17) is 4.74 Å². The minimum absolute atomic E-state index is 0.322. The van der Waals surface area contributed by atoms with Crippen LogP contribution in [0.25, 0.3) is 0 Å². The van der Waals surface area contributed by atoms with Gasteiger partial charge in [0.1, 0.15) is 6.61 Å². The molecule has 69 valence electrons. The van der Waals surface area contributed by atoms with E-state index in [1.165, 1.54) is 6.20 Å². The summed E-state index contributed by atoms with van der Waals surface area (Å²) in [5.74, 6) is 0.359. The van der Waals surface area contributed by atoms with E-state index in [-0.39, 0.29) is 0 Å². The van der Waals surface area contributed by atoms with Crippen LogP contribution >= 0.6 is 0 Å². The second-order valence-electron chi connectivity index (χ2n) is 2.46. The highest BCUT2D eigenvalue weighted by Crippen LogP contribution is 2.02. The molecule has 2 aromatic rings. The SMILES string of the molecule is [c]1nccnc1OCc1cnccn1. The lowest BCUT2D eigenvalue weighted by Gasteiger charge is -2.01. The molecule has 2 heterocycles. The average Bonchev–Trinajstić information content (AvgIpc) is 2.29. The Hall–Kier alpha value is -2.04. The topological polar surface area (TPSA) is 60.8 Å². The Bertz CT molecular complexity index is 339. The van der Waals surface area contributed by atoms with E-state index in [1.54, 1.807) is 24.8 Å². The molecule has 0 saturated heterocycles. The van der Waals surface area contributed by atoms with Crippen LogP contribution < -0.4 is 4.74 Å². The smallest absolute Gasteiger partial charge is 0.242 e. The van der Waals surface area contributed by atoms with E-state index in [1.807, 2.05) is 0 Å². The lowest BCUT2D eigenvalue weighted by atomic mass is 10.5. The summed E-state index contributed by atoms with van der Waals surface area (Å²) in [5, 5.41) is 0. The highest BCUT2D eigenvalue weighted by molar-refractivity contribution is 5.01. The maximum Gasteiger partial charge on any atom is 0.242 e. The van der Waals surface area contributed by atoms with Gasteiger partial charge in [-0.25, -0.2) is 9.97 Å². The first kappa shape index (κ1) is 8.55. The van der Waals surface area contributed by atoms with Gasteiger partial charge in [0.2, 0.25) is 5.88 Å². The first-order chi connectivity index (χ1) is 6.95. The number of nitrogens with zero attached hydrogens (tertiary/aromatic N) is 4. The Balaban J connectivity index is 1.96. The summed E-state index contributed by atoms with van der Waals surface area (Å²) >= 11 is 0. The Morgan fingerprint density at radius 1 is 1.14 bits per heavy atom. The molecule has 1 radical (unpaired) electrons. The van der Waals surface area contributed by atoms with E-state index < -0.39 is 0 Å². The van der Waals surface area contributed by atoms with Crippen molar-refractivity contribution in [3.63, 3.8) is 0 Å². The summed E-state index contributed by atoms with van der Waals surface area (Å²) in [6.07, 6.45) is 10.5. The third-order valence-corrected chi connectivity index (χ3v) is 1.47. The second-order valence-corrected chi connectivity index (χ2v) is 2.46. The van der Waals surface area contributed by atoms with Crippen molar-refractivity contribution >= 4 is 0 Å². The zero-order valence-electron chi connectivity index (χ0n) is 7.29. The van der Waals surface area contributed by atoms with Gasteiger partial charge in [0.05, 0.1) is 11.9 Å². The molecule has 5 heteroatoms. The largest absolute Gasteiger partial charge is 0.469 e. The Morgan fingerprint density at radius 3 is 2.79 bits per heavy atom. The summed E-state index contributed by atoms with van der Waals surface area (Å²) in [5.41, 5.74) is 0.742. The zero-order chi connectivity index (χ0) is 9.64. The second kappa shape index (κ2) is 4.27. The van der Waals surface area contributed by atoms with Gasteiger partial charge in [0.25, 0.3) is 0 Å². The molecular formula is C9H7N4O. The first-order valence-electron chi connectivity index (χ1n) is 4.01. The van der Waals surface area contributed by atoms with Crippen molar-refractivity contribution in [3.8, 4) is 5.88 Å². The maximum absolute atomic E-state index is 5.26. The number of ether oxygens (including phenoxy) is 1. The van der Waals surface area contributed by atoms with Gasteiger partial charge < -0.3 is 4.74 Å². The van der Waals surface area contributed by atoms with Crippen LogP contribution in [-0.2, 0) is 6.61 Å². The van der Waals surface area contributed by atoms with Crippen molar-refractivity contribution in [1.82, 2.24) is 19.9 Å². The molecule has 0 unspecified atom stereocenters. The standard InChI is InChI=1S/C9H7N4O/c1-3-12-8(5-10-1)7-14-9-6-11-2-4-13-9/h1-5H,7H2. The minimum Gasteiger partial charge on any atom is -0.469 e. The van der Waals surface area contributed by atoms with Crippen molar-refractivity contribution in [2.75, 3.05) is 0 Å². The van der Waals surface area contributed by atoms with Crippen LogP contribution in [0.1, 0.15) is 5.69 Å². The van der Waals surface area contributed by atoms with Crippen LogP contribution in [0.3, 0.4) is 0 Å². The molecule has 0 fully saturated rings. The van der Waals surface area contributed by atoms with E-state index >= 15 is 0 Å². The number of rotatable bonds is 3. The van der Waals surface area contributed by atoms with Gasteiger partial charge in [-0.3, -0.25) is 9.97 Å². The molecule has 5 nitrogen and oxygen atoms in total. The van der Waals surface area contributed by atoms with Crippen molar-refractivity contribution in [2.45, 2.75) is 6.61 Å². The van der Waals surface area contributed by atoms with Crippen LogP contribution in [0.15, 0.2) is 31.0 Å². The van der Waals surface area contributed by atoms with Crippen LogP contribution in [0.5, 0.6) is 5.88 Å². The van der Waals surface area contributed by atoms with Gasteiger partial charge in [-0.05, 0) is 0 Å². The summed E-state index contributed by atoms with van der Waals surface area (Å²) < 4.78 is 5.26. The third kappa shape index (κ3) is 2.22. The van der Waals surface area contributed by atoms with E-state index in [0.717, 1.165) is 5.69 Å². The highest BCUT2D eigenvalue weighted by atomic mass is 16.5. The molecule has 0 aromatic carbocycles. The predicted molar refractivity (Wildman–Crippen MR) is 47.2 cm³/mol. The summed E-state index contributed by atoms with van der Waals surface area (Å²) in [6.45, 7) is 0.322. The monoisotopic (exact) mass is 187 g/mol. The minimum atomic E-state index is 0.322. The predicted octanol–water partition coefficient (Wildman–Crippen LogP) is 0.646. The normalized spacial score (nSPS) is 9.71. The van der Waals surface area contributed by atoms with E-state index in [2.05, 4.69) is 26.1 Å². The van der Waals surface area contributed by atoms with Gasteiger partial charge in [-0.2, -0.15) is 0 Å².